The summed E-state index contributed by atoms with van der Waals surface area (Å²) in [6.45, 7) is 0. The highest BCUT2D eigenvalue weighted by atomic mass is 79.9. The van der Waals surface area contributed by atoms with Crippen molar-refractivity contribution < 1.29 is 0 Å². The van der Waals surface area contributed by atoms with Gasteiger partial charge in [-0.15, -0.1) is 5.10 Å². The maximum Gasteiger partial charge on any atom is 0.213 e. The third kappa shape index (κ3) is 1.02. The second-order valence-corrected chi connectivity index (χ2v) is 6.02. The number of hydrogen-bond donors (Lipinski definition) is 0. The number of fused-ring (bicyclic) bond motifs is 5. The summed E-state index contributed by atoms with van der Waals surface area (Å²) in [7, 11) is 0. The van der Waals surface area contributed by atoms with Crippen LogP contribution in [0.1, 0.15) is 11.3 Å². The minimum absolute atomic E-state index is 0.883. The molecule has 1 aromatic carbocycles. The molecule has 0 bridgehead atoms. The molecule has 0 fully saturated rings. The van der Waals surface area contributed by atoms with Crippen LogP contribution in [0.25, 0.3) is 16.2 Å². The Morgan fingerprint density at radius 2 is 2.19 bits per heavy atom. The van der Waals surface area contributed by atoms with Gasteiger partial charge in [0.05, 0.1) is 11.4 Å². The maximum absolute atomic E-state index is 4.64. The zero-order valence-corrected chi connectivity index (χ0v) is 10.5. The van der Waals surface area contributed by atoms with E-state index in [1.807, 2.05) is 4.52 Å². The lowest BCUT2D eigenvalue weighted by molar-refractivity contribution is 0.897. The van der Waals surface area contributed by atoms with Crippen molar-refractivity contribution in [3.8, 4) is 11.3 Å². The molecule has 4 rings (SSSR count). The molecule has 0 saturated heterocycles. The summed E-state index contributed by atoms with van der Waals surface area (Å²) in [6, 6.07) is 8.42. The normalized spacial score (nSPS) is 13.1. The van der Waals surface area contributed by atoms with Crippen molar-refractivity contribution >= 4 is 32.2 Å². The maximum atomic E-state index is 4.64. The Morgan fingerprint density at radius 1 is 1.31 bits per heavy atom. The Labute approximate surface area is 104 Å². The standard InChI is InChI=1S/C11H6BrN3S/c12-10-14-15-8-5-6-3-1-2-4-7(6)9(8)13-11(15)16-10/h1-4H,5H2. The summed E-state index contributed by atoms with van der Waals surface area (Å²) in [5, 5.41) is 4.42. The van der Waals surface area contributed by atoms with E-state index < -0.39 is 0 Å². The van der Waals surface area contributed by atoms with E-state index in [4.69, 9.17) is 0 Å². The first kappa shape index (κ1) is 8.90. The van der Waals surface area contributed by atoms with Crippen molar-refractivity contribution in [2.75, 3.05) is 0 Å². The highest BCUT2D eigenvalue weighted by molar-refractivity contribution is 9.11. The summed E-state index contributed by atoms with van der Waals surface area (Å²) in [5.41, 5.74) is 4.91. The Bertz CT molecular complexity index is 713. The van der Waals surface area contributed by atoms with E-state index in [0.717, 1.165) is 21.0 Å². The molecule has 16 heavy (non-hydrogen) atoms. The fourth-order valence-electron chi connectivity index (χ4n) is 2.23. The number of halogens is 1. The monoisotopic (exact) mass is 291 g/mol. The Balaban J connectivity index is 2.09. The second kappa shape index (κ2) is 2.93. The first-order valence-corrected chi connectivity index (χ1v) is 6.56. The van der Waals surface area contributed by atoms with Crippen molar-refractivity contribution in [2.24, 2.45) is 0 Å². The van der Waals surface area contributed by atoms with Gasteiger partial charge < -0.3 is 0 Å². The molecule has 0 unspecified atom stereocenters. The summed E-state index contributed by atoms with van der Waals surface area (Å²) < 4.78 is 2.83. The van der Waals surface area contributed by atoms with Crippen molar-refractivity contribution in [3.05, 3.63) is 39.4 Å². The molecule has 3 nitrogen and oxygen atoms in total. The number of imidazole rings is 1. The Morgan fingerprint density at radius 3 is 3.12 bits per heavy atom. The summed E-state index contributed by atoms with van der Waals surface area (Å²) in [4.78, 5) is 5.61. The van der Waals surface area contributed by atoms with Gasteiger partial charge >= 0.3 is 0 Å². The van der Waals surface area contributed by atoms with Crippen molar-refractivity contribution in [2.45, 2.75) is 6.42 Å². The predicted octanol–water partition coefficient (Wildman–Crippen LogP) is 3.12. The van der Waals surface area contributed by atoms with Gasteiger partial charge in [0.25, 0.3) is 0 Å². The largest absolute Gasteiger partial charge is 0.217 e. The molecule has 0 spiro atoms. The van der Waals surface area contributed by atoms with Gasteiger partial charge in [-0.1, -0.05) is 35.6 Å². The van der Waals surface area contributed by atoms with E-state index >= 15 is 0 Å². The molecule has 1 aliphatic rings. The fraction of sp³-hybridized carbons (Fsp3) is 0.0909. The van der Waals surface area contributed by atoms with Crippen molar-refractivity contribution in [1.29, 1.82) is 0 Å². The molecule has 0 atom stereocenters. The molecule has 0 N–H and O–H groups in total. The van der Waals surface area contributed by atoms with Crippen LogP contribution >= 0.6 is 27.3 Å². The highest BCUT2D eigenvalue weighted by Crippen LogP contribution is 2.37. The molecule has 0 saturated carbocycles. The van der Waals surface area contributed by atoms with Gasteiger partial charge in [0.15, 0.2) is 3.92 Å². The first-order valence-electron chi connectivity index (χ1n) is 4.95. The van der Waals surface area contributed by atoms with E-state index in [2.05, 4.69) is 50.3 Å². The second-order valence-electron chi connectivity index (χ2n) is 3.79. The van der Waals surface area contributed by atoms with Gasteiger partial charge in [0, 0.05) is 12.0 Å². The molecule has 0 radical (unpaired) electrons. The van der Waals surface area contributed by atoms with Gasteiger partial charge in [0.2, 0.25) is 4.96 Å². The van der Waals surface area contributed by atoms with E-state index in [-0.39, 0.29) is 0 Å². The van der Waals surface area contributed by atoms with E-state index in [1.165, 1.54) is 16.8 Å². The molecule has 2 heterocycles. The van der Waals surface area contributed by atoms with Crippen LogP contribution in [0.15, 0.2) is 28.2 Å². The third-order valence-corrected chi connectivity index (χ3v) is 4.24. The van der Waals surface area contributed by atoms with Crippen molar-refractivity contribution in [3.63, 3.8) is 0 Å². The van der Waals surface area contributed by atoms with Gasteiger partial charge in [-0.05, 0) is 21.5 Å². The van der Waals surface area contributed by atoms with Crippen LogP contribution in [0.4, 0.5) is 0 Å². The topological polar surface area (TPSA) is 30.2 Å². The van der Waals surface area contributed by atoms with E-state index in [1.54, 1.807) is 11.3 Å². The highest BCUT2D eigenvalue weighted by Gasteiger charge is 2.25. The molecule has 0 amide bonds. The van der Waals surface area contributed by atoms with Crippen LogP contribution < -0.4 is 0 Å². The minimum Gasteiger partial charge on any atom is -0.217 e. The minimum atomic E-state index is 0.883. The van der Waals surface area contributed by atoms with Gasteiger partial charge in [-0.3, -0.25) is 0 Å². The molecular weight excluding hydrogens is 286 g/mol. The zero-order valence-electron chi connectivity index (χ0n) is 8.14. The molecule has 2 aromatic heterocycles. The number of aromatic nitrogens is 3. The number of rotatable bonds is 0. The van der Waals surface area contributed by atoms with E-state index in [9.17, 15) is 0 Å². The zero-order chi connectivity index (χ0) is 10.7. The summed E-state index contributed by atoms with van der Waals surface area (Å²) in [6.07, 6.45) is 0.933. The molecule has 78 valence electrons. The summed E-state index contributed by atoms with van der Waals surface area (Å²) >= 11 is 4.96. The quantitative estimate of drug-likeness (QED) is 0.498. The lowest BCUT2D eigenvalue weighted by atomic mass is 10.1. The summed E-state index contributed by atoms with van der Waals surface area (Å²) in [5.74, 6) is 0. The number of nitrogens with zero attached hydrogens (tertiary/aromatic N) is 3. The van der Waals surface area contributed by atoms with E-state index in [0.29, 0.717) is 0 Å². The van der Waals surface area contributed by atoms with Crippen LogP contribution in [0.2, 0.25) is 0 Å². The third-order valence-electron chi connectivity index (χ3n) is 2.90. The Hall–Kier alpha value is -1.20. The van der Waals surface area contributed by atoms with Crippen LogP contribution in [0.5, 0.6) is 0 Å². The average molecular weight is 292 g/mol. The van der Waals surface area contributed by atoms with Crippen LogP contribution in [0.3, 0.4) is 0 Å². The molecule has 5 heteroatoms. The van der Waals surface area contributed by atoms with Crippen LogP contribution in [-0.4, -0.2) is 14.6 Å². The lowest BCUT2D eigenvalue weighted by Gasteiger charge is -1.95. The Kier molecular flexibility index (Phi) is 1.63. The van der Waals surface area contributed by atoms with Crippen LogP contribution in [0, 0.1) is 0 Å². The predicted molar refractivity (Wildman–Crippen MR) is 66.8 cm³/mol. The van der Waals surface area contributed by atoms with Gasteiger partial charge in [0.1, 0.15) is 0 Å². The average Bonchev–Trinajstić information content (AvgIpc) is 2.87. The van der Waals surface area contributed by atoms with Gasteiger partial charge in [-0.2, -0.15) is 0 Å². The first-order chi connectivity index (χ1) is 7.83. The van der Waals surface area contributed by atoms with Gasteiger partial charge in [-0.25, -0.2) is 9.50 Å². The SMILES string of the molecule is Brc1nn2c3c(nc2s1)-c1ccccc1C3. The smallest absolute Gasteiger partial charge is 0.213 e. The molecular formula is C11H6BrN3S. The fourth-order valence-corrected chi connectivity index (χ4v) is 3.47. The number of hydrogen-bond acceptors (Lipinski definition) is 3. The van der Waals surface area contributed by atoms with Crippen molar-refractivity contribution in [1.82, 2.24) is 14.6 Å². The number of benzene rings is 1. The molecule has 0 aliphatic heterocycles. The van der Waals surface area contributed by atoms with Crippen LogP contribution in [-0.2, 0) is 6.42 Å². The lowest BCUT2D eigenvalue weighted by Crippen LogP contribution is -1.91. The molecule has 3 aromatic rings. The molecule has 1 aliphatic carbocycles.